The largest absolute Gasteiger partial charge is 0.366 e. The molecule has 2 aromatic rings. The monoisotopic (exact) mass is 241 g/mol. The van der Waals surface area contributed by atoms with Gasteiger partial charge in [-0.15, -0.1) is 0 Å². The third-order valence-corrected chi connectivity index (χ3v) is 2.95. The van der Waals surface area contributed by atoms with Crippen molar-refractivity contribution in [1.29, 1.82) is 0 Å². The number of hydrogen-bond acceptors (Lipinski definition) is 3. The van der Waals surface area contributed by atoms with Gasteiger partial charge in [-0.3, -0.25) is 4.98 Å². The van der Waals surface area contributed by atoms with Gasteiger partial charge >= 0.3 is 0 Å². The van der Waals surface area contributed by atoms with Gasteiger partial charge in [0.05, 0.1) is 0 Å². The minimum absolute atomic E-state index is 0.647. The maximum absolute atomic E-state index is 5.71. The van der Waals surface area contributed by atoms with E-state index in [1.54, 1.807) is 0 Å². The second kappa shape index (κ2) is 6.17. The Morgan fingerprint density at radius 1 is 1.17 bits per heavy atom. The molecule has 0 atom stereocenters. The van der Waals surface area contributed by atoms with E-state index >= 15 is 0 Å². The van der Waals surface area contributed by atoms with Crippen molar-refractivity contribution in [2.45, 2.75) is 13.5 Å². The summed E-state index contributed by atoms with van der Waals surface area (Å²) in [6, 6.07) is 12.5. The molecule has 0 saturated heterocycles. The molecular formula is C15H19N3. The van der Waals surface area contributed by atoms with E-state index in [-0.39, 0.29) is 0 Å². The van der Waals surface area contributed by atoms with E-state index in [0.29, 0.717) is 6.54 Å². The van der Waals surface area contributed by atoms with Crippen LogP contribution in [0.1, 0.15) is 11.1 Å². The van der Waals surface area contributed by atoms with Crippen LogP contribution in [-0.4, -0.2) is 18.1 Å². The summed E-state index contributed by atoms with van der Waals surface area (Å²) in [4.78, 5) is 6.43. The Labute approximate surface area is 108 Å². The zero-order valence-electron chi connectivity index (χ0n) is 10.7. The Balaban J connectivity index is 2.21. The Morgan fingerprint density at radius 2 is 1.94 bits per heavy atom. The van der Waals surface area contributed by atoms with Crippen LogP contribution >= 0.6 is 0 Å². The van der Waals surface area contributed by atoms with Gasteiger partial charge in [0.2, 0.25) is 0 Å². The Bertz CT molecular complexity index is 482. The number of aromatic nitrogens is 1. The van der Waals surface area contributed by atoms with Crippen LogP contribution in [0, 0.1) is 6.92 Å². The SMILES string of the molecule is Cc1cnccc1N(CCN)Cc1ccccc1. The summed E-state index contributed by atoms with van der Waals surface area (Å²) in [5.74, 6) is 0. The van der Waals surface area contributed by atoms with E-state index in [9.17, 15) is 0 Å². The summed E-state index contributed by atoms with van der Waals surface area (Å²) >= 11 is 0. The summed E-state index contributed by atoms with van der Waals surface area (Å²) in [5.41, 5.74) is 9.40. The molecule has 1 aromatic carbocycles. The van der Waals surface area contributed by atoms with Gasteiger partial charge in [0.25, 0.3) is 0 Å². The van der Waals surface area contributed by atoms with Gasteiger partial charge in [0.1, 0.15) is 0 Å². The lowest BCUT2D eigenvalue weighted by atomic mass is 10.1. The van der Waals surface area contributed by atoms with Crippen molar-refractivity contribution >= 4 is 5.69 Å². The van der Waals surface area contributed by atoms with Crippen molar-refractivity contribution in [1.82, 2.24) is 4.98 Å². The first-order valence-electron chi connectivity index (χ1n) is 6.21. The van der Waals surface area contributed by atoms with E-state index in [1.165, 1.54) is 16.8 Å². The van der Waals surface area contributed by atoms with Crippen molar-refractivity contribution in [2.24, 2.45) is 5.73 Å². The standard InChI is InChI=1S/C15H19N3/c1-13-11-17-9-7-15(13)18(10-8-16)12-14-5-3-2-4-6-14/h2-7,9,11H,8,10,12,16H2,1H3. The van der Waals surface area contributed by atoms with E-state index in [2.05, 4.69) is 41.1 Å². The summed E-state index contributed by atoms with van der Waals surface area (Å²) in [6.07, 6.45) is 3.72. The molecule has 94 valence electrons. The van der Waals surface area contributed by atoms with Gasteiger partial charge in [0, 0.05) is 37.7 Å². The normalized spacial score (nSPS) is 10.3. The zero-order chi connectivity index (χ0) is 12.8. The average molecular weight is 241 g/mol. The number of benzene rings is 1. The number of anilines is 1. The third-order valence-electron chi connectivity index (χ3n) is 2.95. The topological polar surface area (TPSA) is 42.2 Å². The maximum atomic E-state index is 5.71. The first-order chi connectivity index (χ1) is 8.81. The first kappa shape index (κ1) is 12.6. The predicted octanol–water partition coefficient (Wildman–Crippen LogP) is 2.36. The molecule has 0 aliphatic carbocycles. The summed E-state index contributed by atoms with van der Waals surface area (Å²) in [6.45, 7) is 4.45. The molecule has 2 rings (SSSR count). The highest BCUT2D eigenvalue weighted by Crippen LogP contribution is 2.20. The van der Waals surface area contributed by atoms with Crippen LogP contribution in [0.15, 0.2) is 48.8 Å². The van der Waals surface area contributed by atoms with Crippen molar-refractivity contribution < 1.29 is 0 Å². The number of hydrogen-bond donors (Lipinski definition) is 1. The molecule has 0 radical (unpaired) electrons. The summed E-state index contributed by atoms with van der Waals surface area (Å²) in [7, 11) is 0. The minimum atomic E-state index is 0.647. The zero-order valence-corrected chi connectivity index (χ0v) is 10.7. The van der Waals surface area contributed by atoms with E-state index in [0.717, 1.165) is 13.1 Å². The number of nitrogens with two attached hydrogens (primary N) is 1. The lowest BCUT2D eigenvalue weighted by Gasteiger charge is -2.25. The molecule has 0 unspecified atom stereocenters. The quantitative estimate of drug-likeness (QED) is 0.873. The van der Waals surface area contributed by atoms with Gasteiger partial charge in [-0.05, 0) is 24.1 Å². The van der Waals surface area contributed by atoms with E-state index < -0.39 is 0 Å². The van der Waals surface area contributed by atoms with Crippen molar-refractivity contribution in [3.05, 3.63) is 59.9 Å². The second-order valence-electron chi connectivity index (χ2n) is 4.36. The maximum Gasteiger partial charge on any atom is 0.0430 e. The van der Waals surface area contributed by atoms with Crippen LogP contribution in [-0.2, 0) is 6.54 Å². The Morgan fingerprint density at radius 3 is 2.61 bits per heavy atom. The van der Waals surface area contributed by atoms with Crippen LogP contribution in [0.2, 0.25) is 0 Å². The number of nitrogens with zero attached hydrogens (tertiary/aromatic N) is 2. The second-order valence-corrected chi connectivity index (χ2v) is 4.36. The molecule has 0 saturated carbocycles. The van der Waals surface area contributed by atoms with Crippen LogP contribution < -0.4 is 10.6 Å². The fourth-order valence-corrected chi connectivity index (χ4v) is 2.07. The van der Waals surface area contributed by atoms with Gasteiger partial charge in [-0.25, -0.2) is 0 Å². The van der Waals surface area contributed by atoms with Crippen LogP contribution in [0.4, 0.5) is 5.69 Å². The molecule has 3 nitrogen and oxygen atoms in total. The lowest BCUT2D eigenvalue weighted by Crippen LogP contribution is -2.29. The molecule has 1 heterocycles. The molecule has 0 fully saturated rings. The van der Waals surface area contributed by atoms with Crippen molar-refractivity contribution in [3.8, 4) is 0 Å². The van der Waals surface area contributed by atoms with Gasteiger partial charge in [0.15, 0.2) is 0 Å². The third kappa shape index (κ3) is 3.08. The van der Waals surface area contributed by atoms with Crippen LogP contribution in [0.25, 0.3) is 0 Å². The van der Waals surface area contributed by atoms with Crippen molar-refractivity contribution in [3.63, 3.8) is 0 Å². The highest BCUT2D eigenvalue weighted by Gasteiger charge is 2.08. The van der Waals surface area contributed by atoms with Crippen molar-refractivity contribution in [2.75, 3.05) is 18.0 Å². The smallest absolute Gasteiger partial charge is 0.0430 e. The summed E-state index contributed by atoms with van der Waals surface area (Å²) < 4.78 is 0. The number of rotatable bonds is 5. The fourth-order valence-electron chi connectivity index (χ4n) is 2.07. The van der Waals surface area contributed by atoms with Crippen LogP contribution in [0.5, 0.6) is 0 Å². The molecule has 18 heavy (non-hydrogen) atoms. The molecule has 0 aliphatic heterocycles. The number of pyridine rings is 1. The van der Waals surface area contributed by atoms with E-state index in [4.69, 9.17) is 5.73 Å². The minimum Gasteiger partial charge on any atom is -0.366 e. The molecule has 0 amide bonds. The molecule has 2 N–H and O–H groups in total. The first-order valence-corrected chi connectivity index (χ1v) is 6.21. The van der Waals surface area contributed by atoms with Crippen LogP contribution in [0.3, 0.4) is 0 Å². The molecule has 0 aliphatic rings. The average Bonchev–Trinajstić information content (AvgIpc) is 2.40. The fraction of sp³-hybridized carbons (Fsp3) is 0.267. The highest BCUT2D eigenvalue weighted by atomic mass is 15.1. The lowest BCUT2D eigenvalue weighted by molar-refractivity contribution is 0.786. The van der Waals surface area contributed by atoms with Gasteiger partial charge in [-0.1, -0.05) is 30.3 Å². The molecular weight excluding hydrogens is 222 g/mol. The van der Waals surface area contributed by atoms with E-state index in [1.807, 2.05) is 24.5 Å². The Kier molecular flexibility index (Phi) is 4.31. The molecule has 1 aromatic heterocycles. The van der Waals surface area contributed by atoms with Gasteiger partial charge in [-0.2, -0.15) is 0 Å². The molecule has 0 spiro atoms. The van der Waals surface area contributed by atoms with Gasteiger partial charge < -0.3 is 10.6 Å². The molecule has 3 heteroatoms. The Hall–Kier alpha value is -1.87. The molecule has 0 bridgehead atoms. The number of aryl methyl sites for hydroxylation is 1. The summed E-state index contributed by atoms with van der Waals surface area (Å²) in [5, 5.41) is 0. The highest BCUT2D eigenvalue weighted by molar-refractivity contribution is 5.52. The predicted molar refractivity (Wildman–Crippen MR) is 75.5 cm³/mol.